The predicted molar refractivity (Wildman–Crippen MR) is 108 cm³/mol. The second-order valence-corrected chi connectivity index (χ2v) is 8.21. The second kappa shape index (κ2) is 7.34. The maximum absolute atomic E-state index is 12.7. The number of carbonyl (C=O) groups is 2. The van der Waals surface area contributed by atoms with Crippen molar-refractivity contribution >= 4 is 68.8 Å². The number of aliphatic carboxylic acids is 1. The maximum Gasteiger partial charge on any atom is 0.327 e. The van der Waals surface area contributed by atoms with E-state index in [0.29, 0.717) is 21.1 Å². The molecule has 2 heterocycles. The number of carboxylic acids is 1. The SMILES string of the molecule is CC(C)C(C(=O)O)N1C(=O)/C(=C\c2ccc3cccc(Cl)c3n2)SC1=S. The fourth-order valence-electron chi connectivity index (χ4n) is 2.75. The van der Waals surface area contributed by atoms with Gasteiger partial charge in [0.1, 0.15) is 10.4 Å². The van der Waals surface area contributed by atoms with Gasteiger partial charge in [-0.15, -0.1) is 0 Å². The highest BCUT2D eigenvalue weighted by Gasteiger charge is 2.41. The normalized spacial score (nSPS) is 17.5. The summed E-state index contributed by atoms with van der Waals surface area (Å²) < 4.78 is 0.237. The molecule has 2 aromatic rings. The Balaban J connectivity index is 1.98. The number of para-hydroxylation sites is 1. The highest BCUT2D eigenvalue weighted by Crippen LogP contribution is 2.35. The smallest absolute Gasteiger partial charge is 0.327 e. The highest BCUT2D eigenvalue weighted by molar-refractivity contribution is 8.26. The number of benzene rings is 1. The number of fused-ring (bicyclic) bond motifs is 1. The van der Waals surface area contributed by atoms with Gasteiger partial charge in [-0.25, -0.2) is 9.78 Å². The molecule has 8 heteroatoms. The summed E-state index contributed by atoms with van der Waals surface area (Å²) in [6, 6.07) is 8.15. The van der Waals surface area contributed by atoms with Crippen molar-refractivity contribution in [1.82, 2.24) is 9.88 Å². The van der Waals surface area contributed by atoms with Gasteiger partial charge in [0, 0.05) is 5.39 Å². The summed E-state index contributed by atoms with van der Waals surface area (Å²) in [6.07, 6.45) is 1.61. The largest absolute Gasteiger partial charge is 0.480 e. The lowest BCUT2D eigenvalue weighted by molar-refractivity contribution is -0.146. The molecule has 0 radical (unpaired) electrons. The molecule has 1 unspecified atom stereocenters. The van der Waals surface area contributed by atoms with Crippen LogP contribution in [0.3, 0.4) is 0 Å². The molecule has 26 heavy (non-hydrogen) atoms. The number of nitrogens with zero attached hydrogens (tertiary/aromatic N) is 2. The molecular weight excluding hydrogens is 392 g/mol. The Morgan fingerprint density at radius 2 is 2.08 bits per heavy atom. The summed E-state index contributed by atoms with van der Waals surface area (Å²) >= 11 is 12.5. The zero-order valence-corrected chi connectivity index (χ0v) is 16.4. The van der Waals surface area contributed by atoms with Crippen LogP contribution in [0.25, 0.3) is 17.0 Å². The lowest BCUT2D eigenvalue weighted by atomic mass is 10.0. The molecule has 0 aliphatic carbocycles. The van der Waals surface area contributed by atoms with Crippen molar-refractivity contribution in [3.8, 4) is 0 Å². The molecule has 1 atom stereocenters. The van der Waals surface area contributed by atoms with Gasteiger partial charge in [-0.1, -0.05) is 67.6 Å². The first kappa shape index (κ1) is 18.8. The molecule has 5 nitrogen and oxygen atoms in total. The lowest BCUT2D eigenvalue weighted by Crippen LogP contribution is -2.47. The fourth-order valence-corrected chi connectivity index (χ4v) is 4.29. The average Bonchev–Trinajstić information content (AvgIpc) is 2.83. The molecule has 1 aliphatic heterocycles. The number of amides is 1. The monoisotopic (exact) mass is 406 g/mol. The van der Waals surface area contributed by atoms with Gasteiger partial charge in [0.25, 0.3) is 5.91 Å². The molecule has 3 rings (SSSR count). The van der Waals surface area contributed by atoms with Crippen molar-refractivity contribution in [2.24, 2.45) is 5.92 Å². The van der Waals surface area contributed by atoms with E-state index in [0.717, 1.165) is 17.1 Å². The van der Waals surface area contributed by atoms with E-state index in [1.807, 2.05) is 18.2 Å². The number of carboxylic acid groups (broad SMARTS) is 1. The molecule has 134 valence electrons. The average molecular weight is 407 g/mol. The van der Waals surface area contributed by atoms with Crippen molar-refractivity contribution in [2.45, 2.75) is 19.9 Å². The van der Waals surface area contributed by atoms with Crippen LogP contribution in [0, 0.1) is 5.92 Å². The molecule has 1 aromatic heterocycles. The van der Waals surface area contributed by atoms with E-state index in [4.69, 9.17) is 23.8 Å². The Morgan fingerprint density at radius 1 is 1.35 bits per heavy atom. The Hall–Kier alpha value is -1.96. The van der Waals surface area contributed by atoms with Crippen LogP contribution in [0.2, 0.25) is 5.02 Å². The summed E-state index contributed by atoms with van der Waals surface area (Å²) in [7, 11) is 0. The first-order valence-electron chi connectivity index (χ1n) is 7.84. The summed E-state index contributed by atoms with van der Waals surface area (Å²) in [5, 5.41) is 10.9. The van der Waals surface area contributed by atoms with Gasteiger partial charge >= 0.3 is 5.97 Å². The van der Waals surface area contributed by atoms with Gasteiger partial charge in [-0.2, -0.15) is 0 Å². The van der Waals surface area contributed by atoms with Gasteiger partial charge in [0.05, 0.1) is 21.1 Å². The lowest BCUT2D eigenvalue weighted by Gasteiger charge is -2.26. The van der Waals surface area contributed by atoms with Crippen LogP contribution in [0.5, 0.6) is 0 Å². The van der Waals surface area contributed by atoms with E-state index < -0.39 is 17.9 Å². The standard InChI is InChI=1S/C18H15ClN2O3S2/c1-9(2)15(17(23)24)21-16(22)13(26-18(21)25)8-11-7-6-10-4-3-5-12(19)14(10)20-11/h3-9,15H,1-2H3,(H,23,24)/b13-8+. The first-order valence-corrected chi connectivity index (χ1v) is 9.45. The van der Waals surface area contributed by atoms with Gasteiger partial charge in [-0.05, 0) is 24.1 Å². The number of hydrogen-bond donors (Lipinski definition) is 1. The minimum atomic E-state index is -1.08. The van der Waals surface area contributed by atoms with Gasteiger partial charge < -0.3 is 5.11 Å². The van der Waals surface area contributed by atoms with Crippen LogP contribution >= 0.6 is 35.6 Å². The van der Waals surface area contributed by atoms with Crippen LogP contribution in [0.4, 0.5) is 0 Å². The van der Waals surface area contributed by atoms with Gasteiger partial charge in [-0.3, -0.25) is 9.69 Å². The summed E-state index contributed by atoms with van der Waals surface area (Å²) in [5.74, 6) is -1.76. The quantitative estimate of drug-likeness (QED) is 0.606. The van der Waals surface area contributed by atoms with E-state index in [-0.39, 0.29) is 10.2 Å². The number of halogens is 1. The van der Waals surface area contributed by atoms with E-state index in [1.165, 1.54) is 4.90 Å². The van der Waals surface area contributed by atoms with E-state index in [9.17, 15) is 14.7 Å². The third kappa shape index (κ3) is 3.47. The topological polar surface area (TPSA) is 70.5 Å². The number of hydrogen-bond acceptors (Lipinski definition) is 5. The molecule has 1 aromatic carbocycles. The summed E-state index contributed by atoms with van der Waals surface area (Å²) in [4.78, 5) is 30.3. The van der Waals surface area contributed by atoms with Crippen molar-refractivity contribution in [3.05, 3.63) is 46.0 Å². The molecule has 1 fully saturated rings. The molecular formula is C18H15ClN2O3S2. The number of rotatable bonds is 4. The summed E-state index contributed by atoms with van der Waals surface area (Å²) in [6.45, 7) is 3.49. The minimum Gasteiger partial charge on any atom is -0.480 e. The van der Waals surface area contributed by atoms with E-state index >= 15 is 0 Å². The van der Waals surface area contributed by atoms with Crippen molar-refractivity contribution in [2.75, 3.05) is 0 Å². The van der Waals surface area contributed by atoms with Crippen molar-refractivity contribution in [3.63, 3.8) is 0 Å². The van der Waals surface area contributed by atoms with Crippen molar-refractivity contribution in [1.29, 1.82) is 0 Å². The predicted octanol–water partition coefficient (Wildman–Crippen LogP) is 4.20. The summed E-state index contributed by atoms with van der Waals surface area (Å²) in [5.41, 5.74) is 1.20. The fraction of sp³-hybridized carbons (Fsp3) is 0.222. The third-order valence-electron chi connectivity index (χ3n) is 3.96. The molecule has 1 aliphatic rings. The minimum absolute atomic E-state index is 0.237. The Kier molecular flexibility index (Phi) is 5.32. The van der Waals surface area contributed by atoms with Crippen LogP contribution in [0.1, 0.15) is 19.5 Å². The number of aromatic nitrogens is 1. The van der Waals surface area contributed by atoms with Crippen LogP contribution in [-0.4, -0.2) is 37.2 Å². The number of thiocarbonyl (C=S) groups is 1. The molecule has 0 spiro atoms. The van der Waals surface area contributed by atoms with Crippen LogP contribution in [-0.2, 0) is 9.59 Å². The first-order chi connectivity index (χ1) is 12.3. The van der Waals surface area contributed by atoms with Gasteiger partial charge in [0.15, 0.2) is 0 Å². The zero-order valence-electron chi connectivity index (χ0n) is 14.0. The number of pyridine rings is 1. The van der Waals surface area contributed by atoms with Crippen LogP contribution < -0.4 is 0 Å². The zero-order chi connectivity index (χ0) is 19.0. The Labute approximate surface area is 165 Å². The number of carbonyl (C=O) groups excluding carboxylic acids is 1. The van der Waals surface area contributed by atoms with E-state index in [1.54, 1.807) is 32.1 Å². The maximum atomic E-state index is 12.7. The molecule has 1 N–H and O–H groups in total. The second-order valence-electron chi connectivity index (χ2n) is 6.13. The third-order valence-corrected chi connectivity index (χ3v) is 5.59. The molecule has 0 saturated carbocycles. The molecule has 1 amide bonds. The Bertz CT molecular complexity index is 959. The molecule has 1 saturated heterocycles. The van der Waals surface area contributed by atoms with E-state index in [2.05, 4.69) is 4.98 Å². The molecule has 0 bridgehead atoms. The Morgan fingerprint density at radius 3 is 2.73 bits per heavy atom. The highest BCUT2D eigenvalue weighted by atomic mass is 35.5. The van der Waals surface area contributed by atoms with Crippen molar-refractivity contribution < 1.29 is 14.7 Å². The van der Waals surface area contributed by atoms with Crippen LogP contribution in [0.15, 0.2) is 35.2 Å². The van der Waals surface area contributed by atoms with Gasteiger partial charge in [0.2, 0.25) is 0 Å². The number of thioether (sulfide) groups is 1.